The average Bonchev–Trinajstić information content (AvgIpc) is 3.13. The van der Waals surface area contributed by atoms with Crippen molar-refractivity contribution in [2.75, 3.05) is 6.61 Å². The standard InChI is InChI=1S/C14H19NO2/c1-14(10-16,12-5-3-2-4-6-12)15-13(17)9-11-7-8-11/h2-6,11,16H,7-10H2,1H3,(H,15,17). The normalized spacial score (nSPS) is 18.5. The highest BCUT2D eigenvalue weighted by atomic mass is 16.3. The van der Waals surface area contributed by atoms with Crippen LogP contribution in [0.25, 0.3) is 0 Å². The Labute approximate surface area is 102 Å². The van der Waals surface area contributed by atoms with Crippen molar-refractivity contribution >= 4 is 5.91 Å². The molecule has 3 nitrogen and oxygen atoms in total. The van der Waals surface area contributed by atoms with Gasteiger partial charge in [-0.15, -0.1) is 0 Å². The summed E-state index contributed by atoms with van der Waals surface area (Å²) in [6.07, 6.45) is 2.91. The third kappa shape index (κ3) is 3.07. The molecule has 1 aliphatic carbocycles. The number of carbonyl (C=O) groups is 1. The number of aliphatic hydroxyl groups is 1. The fourth-order valence-corrected chi connectivity index (χ4v) is 1.95. The summed E-state index contributed by atoms with van der Waals surface area (Å²) in [5, 5.41) is 12.5. The summed E-state index contributed by atoms with van der Waals surface area (Å²) in [7, 11) is 0. The monoisotopic (exact) mass is 233 g/mol. The number of benzene rings is 1. The van der Waals surface area contributed by atoms with Crippen molar-refractivity contribution in [3.8, 4) is 0 Å². The summed E-state index contributed by atoms with van der Waals surface area (Å²) in [4.78, 5) is 11.8. The van der Waals surface area contributed by atoms with Crippen molar-refractivity contribution in [3.05, 3.63) is 35.9 Å². The van der Waals surface area contributed by atoms with Crippen molar-refractivity contribution in [1.29, 1.82) is 0 Å². The molecule has 1 saturated carbocycles. The van der Waals surface area contributed by atoms with E-state index in [1.54, 1.807) is 0 Å². The highest BCUT2D eigenvalue weighted by molar-refractivity contribution is 5.77. The molecule has 1 aromatic rings. The van der Waals surface area contributed by atoms with E-state index in [0.717, 1.165) is 18.4 Å². The number of hydrogen-bond donors (Lipinski definition) is 2. The summed E-state index contributed by atoms with van der Waals surface area (Å²) in [6.45, 7) is 1.76. The van der Waals surface area contributed by atoms with Crippen LogP contribution in [0.3, 0.4) is 0 Å². The first kappa shape index (κ1) is 12.1. The zero-order valence-corrected chi connectivity index (χ0v) is 10.1. The molecule has 0 aromatic heterocycles. The first-order valence-corrected chi connectivity index (χ1v) is 6.11. The van der Waals surface area contributed by atoms with Crippen LogP contribution in [0.5, 0.6) is 0 Å². The van der Waals surface area contributed by atoms with Gasteiger partial charge in [0.1, 0.15) is 0 Å². The smallest absolute Gasteiger partial charge is 0.221 e. The molecule has 1 unspecified atom stereocenters. The minimum absolute atomic E-state index is 0.0351. The molecule has 2 rings (SSSR count). The number of amides is 1. The van der Waals surface area contributed by atoms with Gasteiger partial charge in [-0.1, -0.05) is 30.3 Å². The quantitative estimate of drug-likeness (QED) is 0.815. The van der Waals surface area contributed by atoms with E-state index in [1.807, 2.05) is 37.3 Å². The number of hydrogen-bond acceptors (Lipinski definition) is 2. The lowest BCUT2D eigenvalue weighted by Gasteiger charge is -2.29. The molecule has 1 aromatic carbocycles. The van der Waals surface area contributed by atoms with Gasteiger partial charge in [0.2, 0.25) is 5.91 Å². The third-order valence-electron chi connectivity index (χ3n) is 3.31. The fourth-order valence-electron chi connectivity index (χ4n) is 1.95. The van der Waals surface area contributed by atoms with Crippen molar-refractivity contribution in [2.24, 2.45) is 5.92 Å². The van der Waals surface area contributed by atoms with Crippen LogP contribution >= 0.6 is 0 Å². The maximum atomic E-state index is 11.8. The molecule has 0 aliphatic heterocycles. The molecule has 92 valence electrons. The van der Waals surface area contributed by atoms with Gasteiger partial charge in [0.05, 0.1) is 12.1 Å². The second-order valence-electron chi connectivity index (χ2n) is 5.05. The van der Waals surface area contributed by atoms with Crippen LogP contribution in [0.4, 0.5) is 0 Å². The average molecular weight is 233 g/mol. The SMILES string of the molecule is CC(CO)(NC(=O)CC1CC1)c1ccccc1. The molecule has 1 atom stereocenters. The van der Waals surface area contributed by atoms with Crippen LogP contribution in [-0.4, -0.2) is 17.6 Å². The summed E-state index contributed by atoms with van der Waals surface area (Å²) < 4.78 is 0. The second kappa shape index (κ2) is 4.88. The van der Waals surface area contributed by atoms with E-state index in [1.165, 1.54) is 0 Å². The lowest BCUT2D eigenvalue weighted by molar-refractivity contribution is -0.123. The summed E-state index contributed by atoms with van der Waals surface area (Å²) in [5.74, 6) is 0.599. The fraction of sp³-hybridized carbons (Fsp3) is 0.500. The van der Waals surface area contributed by atoms with Gasteiger partial charge in [-0.05, 0) is 31.2 Å². The number of nitrogens with one attached hydrogen (secondary N) is 1. The van der Waals surface area contributed by atoms with Gasteiger partial charge in [0.15, 0.2) is 0 Å². The topological polar surface area (TPSA) is 49.3 Å². The predicted octanol–water partition coefficient (Wildman–Crippen LogP) is 1.81. The van der Waals surface area contributed by atoms with E-state index in [9.17, 15) is 9.90 Å². The van der Waals surface area contributed by atoms with Gasteiger partial charge in [0, 0.05) is 6.42 Å². The third-order valence-corrected chi connectivity index (χ3v) is 3.31. The molecule has 0 bridgehead atoms. The highest BCUT2D eigenvalue weighted by Gasteiger charge is 2.30. The molecule has 1 amide bonds. The minimum Gasteiger partial charge on any atom is -0.394 e. The van der Waals surface area contributed by atoms with Crippen molar-refractivity contribution in [1.82, 2.24) is 5.32 Å². The van der Waals surface area contributed by atoms with E-state index in [-0.39, 0.29) is 12.5 Å². The van der Waals surface area contributed by atoms with E-state index in [4.69, 9.17) is 0 Å². The summed E-state index contributed by atoms with van der Waals surface area (Å²) in [6, 6.07) is 9.60. The maximum absolute atomic E-state index is 11.8. The van der Waals surface area contributed by atoms with Crippen molar-refractivity contribution in [2.45, 2.75) is 31.7 Å². The zero-order chi connectivity index (χ0) is 12.3. The summed E-state index contributed by atoms with van der Waals surface area (Å²) >= 11 is 0. The molecule has 0 spiro atoms. The van der Waals surface area contributed by atoms with Crippen LogP contribution in [0, 0.1) is 5.92 Å². The van der Waals surface area contributed by atoms with Gasteiger partial charge in [-0.25, -0.2) is 0 Å². The molecular weight excluding hydrogens is 214 g/mol. The Morgan fingerprint density at radius 2 is 2.06 bits per heavy atom. The first-order chi connectivity index (χ1) is 8.14. The Hall–Kier alpha value is -1.35. The van der Waals surface area contributed by atoms with Crippen LogP contribution in [0.1, 0.15) is 31.7 Å². The van der Waals surface area contributed by atoms with E-state index >= 15 is 0 Å². The van der Waals surface area contributed by atoms with E-state index in [0.29, 0.717) is 12.3 Å². The largest absolute Gasteiger partial charge is 0.394 e. The Morgan fingerprint density at radius 1 is 1.41 bits per heavy atom. The van der Waals surface area contributed by atoms with E-state index < -0.39 is 5.54 Å². The molecular formula is C14H19NO2. The zero-order valence-electron chi connectivity index (χ0n) is 10.1. The molecule has 17 heavy (non-hydrogen) atoms. The predicted molar refractivity (Wildman–Crippen MR) is 66.4 cm³/mol. The number of rotatable bonds is 5. The molecule has 2 N–H and O–H groups in total. The van der Waals surface area contributed by atoms with Gasteiger partial charge in [0.25, 0.3) is 0 Å². The summed E-state index contributed by atoms with van der Waals surface area (Å²) in [5.41, 5.74) is 0.263. The number of aliphatic hydroxyl groups excluding tert-OH is 1. The molecule has 0 saturated heterocycles. The molecule has 1 aliphatic rings. The Morgan fingerprint density at radius 3 is 2.59 bits per heavy atom. The van der Waals surface area contributed by atoms with Gasteiger partial charge in [-0.2, -0.15) is 0 Å². The molecule has 1 fully saturated rings. The maximum Gasteiger partial charge on any atom is 0.221 e. The van der Waals surface area contributed by atoms with Crippen LogP contribution in [-0.2, 0) is 10.3 Å². The van der Waals surface area contributed by atoms with Crippen LogP contribution in [0.15, 0.2) is 30.3 Å². The Bertz CT molecular complexity index is 386. The molecule has 0 radical (unpaired) electrons. The highest BCUT2D eigenvalue weighted by Crippen LogP contribution is 2.32. The van der Waals surface area contributed by atoms with Gasteiger partial charge >= 0.3 is 0 Å². The lowest BCUT2D eigenvalue weighted by Crippen LogP contribution is -2.46. The Balaban J connectivity index is 2.05. The minimum atomic E-state index is -0.673. The van der Waals surface area contributed by atoms with Gasteiger partial charge in [-0.3, -0.25) is 4.79 Å². The Kier molecular flexibility index (Phi) is 3.48. The number of carbonyl (C=O) groups excluding carboxylic acids is 1. The van der Waals surface area contributed by atoms with Crippen molar-refractivity contribution in [3.63, 3.8) is 0 Å². The van der Waals surface area contributed by atoms with Crippen LogP contribution < -0.4 is 5.32 Å². The van der Waals surface area contributed by atoms with Crippen LogP contribution in [0.2, 0.25) is 0 Å². The lowest BCUT2D eigenvalue weighted by atomic mass is 9.92. The second-order valence-corrected chi connectivity index (χ2v) is 5.05. The van der Waals surface area contributed by atoms with Crippen molar-refractivity contribution < 1.29 is 9.90 Å². The first-order valence-electron chi connectivity index (χ1n) is 6.11. The molecule has 0 heterocycles. The molecule has 3 heteroatoms. The van der Waals surface area contributed by atoms with Gasteiger partial charge < -0.3 is 10.4 Å². The van der Waals surface area contributed by atoms with E-state index in [2.05, 4.69) is 5.32 Å².